The Hall–Kier alpha value is -2.46. The minimum absolute atomic E-state index is 0.0820. The molecule has 1 aromatic heterocycles. The zero-order chi connectivity index (χ0) is 19.6. The van der Waals surface area contributed by atoms with Gasteiger partial charge < -0.3 is 14.8 Å². The van der Waals surface area contributed by atoms with Crippen molar-refractivity contribution in [2.45, 2.75) is 6.54 Å². The molecule has 3 rings (SSSR count). The van der Waals surface area contributed by atoms with Gasteiger partial charge in [0.25, 0.3) is 11.3 Å². The van der Waals surface area contributed by atoms with Gasteiger partial charge in [-0.05, 0) is 36.4 Å². The van der Waals surface area contributed by atoms with E-state index in [-0.39, 0.29) is 12.2 Å². The first-order chi connectivity index (χ1) is 12.8. The first kappa shape index (κ1) is 19.3. The summed E-state index contributed by atoms with van der Waals surface area (Å²) in [6.07, 6.45) is 0. The summed E-state index contributed by atoms with van der Waals surface area (Å²) in [5.74, 6) is 0.559. The molecule has 11 heteroatoms. The van der Waals surface area contributed by atoms with Crippen LogP contribution in [0.2, 0.25) is 10.0 Å². The van der Waals surface area contributed by atoms with Gasteiger partial charge in [0.1, 0.15) is 17.2 Å². The molecule has 0 amide bonds. The Labute approximate surface area is 165 Å². The normalized spacial score (nSPS) is 12.0. The van der Waals surface area contributed by atoms with Crippen molar-refractivity contribution in [2.24, 2.45) is 0 Å². The fourth-order valence-corrected chi connectivity index (χ4v) is 3.09. The van der Waals surface area contributed by atoms with Crippen LogP contribution in [0.25, 0.3) is 0 Å². The van der Waals surface area contributed by atoms with E-state index in [9.17, 15) is 18.7 Å². The van der Waals surface area contributed by atoms with E-state index in [0.717, 1.165) is 4.31 Å². The second-order valence-corrected chi connectivity index (χ2v) is 7.06. The van der Waals surface area contributed by atoms with Gasteiger partial charge in [0, 0.05) is 6.07 Å². The van der Waals surface area contributed by atoms with E-state index in [1.807, 2.05) is 0 Å². The smallest absolute Gasteiger partial charge is 0.326 e. The molecule has 1 unspecified atom stereocenters. The van der Waals surface area contributed by atoms with Gasteiger partial charge >= 0.3 is 5.69 Å². The van der Waals surface area contributed by atoms with E-state index in [0.29, 0.717) is 27.2 Å². The highest BCUT2D eigenvalue weighted by molar-refractivity contribution is 7.80. The molecule has 0 saturated heterocycles. The van der Waals surface area contributed by atoms with Gasteiger partial charge in [0.05, 0.1) is 22.3 Å². The monoisotopic (exact) mass is 429 g/mol. The second-order valence-electron chi connectivity index (χ2n) is 5.35. The summed E-state index contributed by atoms with van der Waals surface area (Å²) in [5, 5.41) is 10.4. The Balaban J connectivity index is 1.79. The van der Waals surface area contributed by atoms with Crippen molar-refractivity contribution in [2.75, 3.05) is 4.31 Å². The fourth-order valence-electron chi connectivity index (χ4n) is 2.26. The molecular formula is C16H13Cl2N3O5S. The van der Waals surface area contributed by atoms with Crippen LogP contribution in [-0.4, -0.2) is 23.8 Å². The topological polar surface area (TPSA) is 119 Å². The standard InChI is InChI=1S/C16H13Cl2N3O5S/c17-12-6-5-11(7-13(12)18)26-10-3-1-9(2-4-10)21(27(24)25)8-14-15(22)20-16(23)19-14/h1-7,22H,8H2,(H,24,25)(H2,19,20,23). The number of aromatic nitrogens is 2. The number of rotatable bonds is 6. The van der Waals surface area contributed by atoms with E-state index >= 15 is 0 Å². The van der Waals surface area contributed by atoms with Gasteiger partial charge in [0.2, 0.25) is 5.88 Å². The molecule has 0 radical (unpaired) electrons. The predicted octanol–water partition coefficient (Wildman–Crippen LogP) is 3.65. The van der Waals surface area contributed by atoms with Crippen LogP contribution in [0.1, 0.15) is 5.69 Å². The molecule has 0 spiro atoms. The summed E-state index contributed by atoms with van der Waals surface area (Å²) >= 11 is 9.41. The Morgan fingerprint density at radius 1 is 1.04 bits per heavy atom. The highest BCUT2D eigenvalue weighted by atomic mass is 35.5. The van der Waals surface area contributed by atoms with Crippen molar-refractivity contribution in [3.05, 3.63) is 68.7 Å². The molecule has 27 heavy (non-hydrogen) atoms. The lowest BCUT2D eigenvalue weighted by Crippen LogP contribution is -2.25. The molecule has 0 saturated carbocycles. The third kappa shape index (κ3) is 4.64. The highest BCUT2D eigenvalue weighted by Gasteiger charge is 2.17. The summed E-state index contributed by atoms with van der Waals surface area (Å²) in [7, 11) is 0. The van der Waals surface area contributed by atoms with E-state index in [2.05, 4.69) is 9.97 Å². The zero-order valence-corrected chi connectivity index (χ0v) is 15.8. The molecule has 2 aromatic carbocycles. The van der Waals surface area contributed by atoms with Crippen LogP contribution >= 0.6 is 23.2 Å². The van der Waals surface area contributed by atoms with Crippen molar-refractivity contribution < 1.29 is 18.6 Å². The minimum atomic E-state index is -2.39. The van der Waals surface area contributed by atoms with E-state index < -0.39 is 22.8 Å². The van der Waals surface area contributed by atoms with Crippen LogP contribution in [0.4, 0.5) is 5.69 Å². The maximum atomic E-state index is 11.7. The number of nitrogens with one attached hydrogen (secondary N) is 2. The molecule has 0 aliphatic heterocycles. The number of anilines is 1. The number of hydrogen-bond acceptors (Lipinski definition) is 4. The second kappa shape index (κ2) is 8.05. The number of ether oxygens (including phenoxy) is 1. The third-order valence-corrected chi connectivity index (χ3v) is 4.98. The van der Waals surface area contributed by atoms with Crippen molar-refractivity contribution in [1.82, 2.24) is 9.97 Å². The largest absolute Gasteiger partial charge is 0.493 e. The molecule has 0 aliphatic rings. The fraction of sp³-hybridized carbons (Fsp3) is 0.0625. The molecule has 3 aromatic rings. The number of nitrogens with zero attached hydrogens (tertiary/aromatic N) is 1. The molecule has 0 aliphatic carbocycles. The lowest BCUT2D eigenvalue weighted by molar-refractivity contribution is 0.448. The maximum Gasteiger partial charge on any atom is 0.326 e. The number of H-pyrrole nitrogens is 2. The van der Waals surface area contributed by atoms with Crippen LogP contribution in [0, 0.1) is 0 Å². The Bertz CT molecular complexity index is 1040. The minimum Gasteiger partial charge on any atom is -0.493 e. The summed E-state index contributed by atoms with van der Waals surface area (Å²) in [5.41, 5.74) is -0.158. The number of aromatic amines is 2. The molecular weight excluding hydrogens is 417 g/mol. The van der Waals surface area contributed by atoms with Crippen LogP contribution < -0.4 is 14.7 Å². The first-order valence-electron chi connectivity index (χ1n) is 7.45. The summed E-state index contributed by atoms with van der Waals surface area (Å²) in [6.45, 7) is -0.194. The van der Waals surface area contributed by atoms with E-state index in [4.69, 9.17) is 27.9 Å². The maximum absolute atomic E-state index is 11.7. The van der Waals surface area contributed by atoms with Gasteiger partial charge in [-0.25, -0.2) is 9.00 Å². The highest BCUT2D eigenvalue weighted by Crippen LogP contribution is 2.30. The van der Waals surface area contributed by atoms with Crippen molar-refractivity contribution in [3.8, 4) is 17.4 Å². The molecule has 0 bridgehead atoms. The first-order valence-corrected chi connectivity index (χ1v) is 9.27. The summed E-state index contributed by atoms with van der Waals surface area (Å²) < 4.78 is 27.9. The van der Waals surface area contributed by atoms with Gasteiger partial charge in [-0.2, -0.15) is 0 Å². The number of aromatic hydroxyl groups is 1. The summed E-state index contributed by atoms with van der Waals surface area (Å²) in [6, 6.07) is 11.1. The van der Waals surface area contributed by atoms with Crippen molar-refractivity contribution in [1.29, 1.82) is 0 Å². The van der Waals surface area contributed by atoms with Crippen molar-refractivity contribution in [3.63, 3.8) is 0 Å². The molecule has 8 nitrogen and oxygen atoms in total. The van der Waals surface area contributed by atoms with Gasteiger partial charge in [-0.3, -0.25) is 13.8 Å². The predicted molar refractivity (Wildman–Crippen MR) is 103 cm³/mol. The van der Waals surface area contributed by atoms with E-state index in [1.54, 1.807) is 42.5 Å². The van der Waals surface area contributed by atoms with Gasteiger partial charge in [-0.15, -0.1) is 0 Å². The SMILES string of the molecule is O=c1[nH]c(O)c(CN(c2ccc(Oc3ccc(Cl)c(Cl)c3)cc2)S(=O)O)[nH]1. The zero-order valence-electron chi connectivity index (χ0n) is 13.5. The molecule has 142 valence electrons. The molecule has 0 fully saturated rings. The van der Waals surface area contributed by atoms with Gasteiger partial charge in [-0.1, -0.05) is 23.2 Å². The molecule has 1 atom stereocenters. The third-order valence-electron chi connectivity index (χ3n) is 3.52. The van der Waals surface area contributed by atoms with Gasteiger partial charge in [0.15, 0.2) is 0 Å². The molecule has 1 heterocycles. The Morgan fingerprint density at radius 2 is 1.70 bits per heavy atom. The quantitative estimate of drug-likeness (QED) is 0.445. The number of halogens is 2. The van der Waals surface area contributed by atoms with Crippen LogP contribution in [0.5, 0.6) is 17.4 Å². The number of hydrogen-bond donors (Lipinski definition) is 4. The lowest BCUT2D eigenvalue weighted by atomic mass is 10.3. The van der Waals surface area contributed by atoms with Crippen LogP contribution in [0.15, 0.2) is 47.3 Å². The Kier molecular flexibility index (Phi) is 5.76. The van der Waals surface area contributed by atoms with Crippen LogP contribution in [-0.2, 0) is 17.8 Å². The average Bonchev–Trinajstić information content (AvgIpc) is 2.94. The Morgan fingerprint density at radius 3 is 2.26 bits per heavy atom. The van der Waals surface area contributed by atoms with Crippen LogP contribution in [0.3, 0.4) is 0 Å². The lowest BCUT2D eigenvalue weighted by Gasteiger charge is -2.19. The average molecular weight is 430 g/mol. The number of imidazole rings is 1. The van der Waals surface area contributed by atoms with E-state index in [1.165, 1.54) is 0 Å². The van der Waals surface area contributed by atoms with Crippen molar-refractivity contribution >= 4 is 40.2 Å². The molecule has 4 N–H and O–H groups in total. The number of benzene rings is 2. The summed E-state index contributed by atoms with van der Waals surface area (Å²) in [4.78, 5) is 15.7.